The fourth-order valence-corrected chi connectivity index (χ4v) is 6.80. The third-order valence-electron chi connectivity index (χ3n) is 7.39. The fraction of sp³-hybridized carbons (Fsp3) is 0.258. The number of ether oxygens (including phenoxy) is 3. The van der Waals surface area contributed by atoms with Crippen LogP contribution in [-0.4, -0.2) is 28.5 Å². The van der Waals surface area contributed by atoms with E-state index in [1.807, 2.05) is 18.2 Å². The molecule has 2 aliphatic heterocycles. The van der Waals surface area contributed by atoms with Crippen LogP contribution in [0.5, 0.6) is 11.5 Å². The fourth-order valence-electron chi connectivity index (χ4n) is 5.43. The highest BCUT2D eigenvalue weighted by Crippen LogP contribution is 2.38. The first kappa shape index (κ1) is 27.5. The molecule has 0 radical (unpaired) electrons. The summed E-state index contributed by atoms with van der Waals surface area (Å²) in [7, 11) is 0. The zero-order valence-corrected chi connectivity index (χ0v) is 26.3. The number of carbonyl (C=O) groups excluding carboxylic acids is 1. The second kappa shape index (κ2) is 10.6. The maximum Gasteiger partial charge on any atom is 0.338 e. The van der Waals surface area contributed by atoms with Crippen LogP contribution in [0.25, 0.3) is 11.8 Å². The minimum atomic E-state index is -0.718. The van der Waals surface area contributed by atoms with Crippen LogP contribution in [0.15, 0.2) is 63.5 Å². The minimum Gasteiger partial charge on any atom is -0.463 e. The Morgan fingerprint density at radius 3 is 2.66 bits per heavy atom. The lowest BCUT2D eigenvalue weighted by atomic mass is 9.95. The number of benzene rings is 2. The molecule has 4 aromatic rings. The van der Waals surface area contributed by atoms with Gasteiger partial charge in [0.1, 0.15) is 0 Å². The van der Waals surface area contributed by atoms with Crippen molar-refractivity contribution in [2.24, 2.45) is 4.99 Å². The minimum absolute atomic E-state index is 0.126. The molecule has 8 nitrogen and oxygen atoms in total. The summed E-state index contributed by atoms with van der Waals surface area (Å²) in [6.07, 6.45) is 1.92. The quantitative estimate of drug-likeness (QED) is 0.222. The van der Waals surface area contributed by atoms with Gasteiger partial charge in [-0.1, -0.05) is 17.4 Å². The number of hydrogen-bond donors (Lipinski definition) is 0. The second-order valence-corrected chi connectivity index (χ2v) is 12.2. The van der Waals surface area contributed by atoms with Gasteiger partial charge in [0.2, 0.25) is 6.79 Å². The molecule has 2 aromatic heterocycles. The Morgan fingerprint density at radius 2 is 1.90 bits per heavy atom. The highest BCUT2D eigenvalue weighted by atomic mass is 127. The third-order valence-corrected chi connectivity index (χ3v) is 9.58. The van der Waals surface area contributed by atoms with E-state index in [1.165, 1.54) is 20.5 Å². The number of rotatable bonds is 5. The molecule has 0 N–H and O–H groups in total. The molecule has 0 saturated carbocycles. The molecule has 41 heavy (non-hydrogen) atoms. The summed E-state index contributed by atoms with van der Waals surface area (Å²) in [4.78, 5) is 32.5. The third kappa shape index (κ3) is 4.72. The molecule has 1 unspecified atom stereocenters. The number of allylic oxidation sites excluding steroid dienone is 1. The van der Waals surface area contributed by atoms with E-state index in [0.717, 1.165) is 22.6 Å². The van der Waals surface area contributed by atoms with Gasteiger partial charge in [-0.05, 0) is 116 Å². The van der Waals surface area contributed by atoms with Crippen LogP contribution in [0.1, 0.15) is 48.0 Å². The summed E-state index contributed by atoms with van der Waals surface area (Å²) in [6.45, 7) is 10.1. The molecule has 10 heteroatoms. The standard InChI is InChI=1S/C31H28IN3O5S/c1-6-38-30(37)27-18(4)33-31-35(28(27)20-7-10-24-25(13-20)40-15-39-24)29(36)26(41-31)14-21-12-17(3)34(19(21)5)22-8-9-23(32)16(2)11-22/h7-14,28H,6,15H2,1-5H3/b26-14-. The Hall–Kier alpha value is -3.64. The van der Waals surface area contributed by atoms with Gasteiger partial charge in [-0.15, -0.1) is 0 Å². The number of thiazole rings is 1. The summed E-state index contributed by atoms with van der Waals surface area (Å²) < 4.78 is 22.0. The molecule has 0 amide bonds. The van der Waals surface area contributed by atoms with Crippen molar-refractivity contribution in [3.8, 4) is 17.2 Å². The summed E-state index contributed by atoms with van der Waals surface area (Å²) >= 11 is 3.65. The largest absolute Gasteiger partial charge is 0.463 e. The molecule has 0 aliphatic carbocycles. The molecule has 210 valence electrons. The molecule has 0 saturated heterocycles. The van der Waals surface area contributed by atoms with Gasteiger partial charge in [0.05, 0.1) is 28.5 Å². The van der Waals surface area contributed by atoms with Crippen molar-refractivity contribution >= 4 is 46.0 Å². The highest BCUT2D eigenvalue weighted by Gasteiger charge is 2.34. The van der Waals surface area contributed by atoms with E-state index in [-0.39, 0.29) is 19.0 Å². The molecule has 2 aliphatic rings. The highest BCUT2D eigenvalue weighted by molar-refractivity contribution is 14.1. The first-order chi connectivity index (χ1) is 19.7. The number of carbonyl (C=O) groups is 1. The summed E-state index contributed by atoms with van der Waals surface area (Å²) in [5.41, 5.74) is 6.68. The number of nitrogens with zero attached hydrogens (tertiary/aromatic N) is 3. The lowest BCUT2D eigenvalue weighted by Gasteiger charge is -2.24. The lowest BCUT2D eigenvalue weighted by Crippen LogP contribution is -2.39. The number of esters is 1. The molecule has 0 fully saturated rings. The first-order valence-corrected chi connectivity index (χ1v) is 15.1. The Labute approximate surface area is 254 Å². The van der Waals surface area contributed by atoms with Gasteiger partial charge in [-0.3, -0.25) is 9.36 Å². The molecule has 1 atom stereocenters. The smallest absolute Gasteiger partial charge is 0.338 e. The van der Waals surface area contributed by atoms with E-state index < -0.39 is 12.0 Å². The van der Waals surface area contributed by atoms with Gasteiger partial charge in [0, 0.05) is 20.6 Å². The van der Waals surface area contributed by atoms with E-state index in [9.17, 15) is 9.59 Å². The van der Waals surface area contributed by atoms with Crippen molar-refractivity contribution in [3.63, 3.8) is 0 Å². The maximum absolute atomic E-state index is 14.1. The number of halogens is 1. The van der Waals surface area contributed by atoms with E-state index in [1.54, 1.807) is 24.5 Å². The zero-order valence-electron chi connectivity index (χ0n) is 23.3. The van der Waals surface area contributed by atoms with Crippen molar-refractivity contribution in [1.29, 1.82) is 0 Å². The molecular weight excluding hydrogens is 653 g/mol. The Morgan fingerprint density at radius 1 is 1.12 bits per heavy atom. The van der Waals surface area contributed by atoms with Gasteiger partial charge < -0.3 is 18.8 Å². The van der Waals surface area contributed by atoms with Gasteiger partial charge >= 0.3 is 5.97 Å². The van der Waals surface area contributed by atoms with Crippen molar-refractivity contribution in [3.05, 3.63) is 105 Å². The van der Waals surface area contributed by atoms with Gasteiger partial charge in [-0.25, -0.2) is 9.79 Å². The predicted octanol–water partition coefficient (Wildman–Crippen LogP) is 4.85. The van der Waals surface area contributed by atoms with Crippen LogP contribution in [0, 0.1) is 24.3 Å². The Bertz CT molecular complexity index is 1950. The second-order valence-electron chi connectivity index (χ2n) is 10.0. The molecular formula is C31H28IN3O5S. The normalized spacial score (nSPS) is 16.1. The summed E-state index contributed by atoms with van der Waals surface area (Å²) in [5.74, 6) is 0.695. The maximum atomic E-state index is 14.1. The van der Waals surface area contributed by atoms with Crippen molar-refractivity contribution in [1.82, 2.24) is 9.13 Å². The average molecular weight is 682 g/mol. The van der Waals surface area contributed by atoms with Crippen molar-refractivity contribution < 1.29 is 19.0 Å². The van der Waals surface area contributed by atoms with Crippen LogP contribution in [-0.2, 0) is 9.53 Å². The van der Waals surface area contributed by atoms with Crippen molar-refractivity contribution in [2.75, 3.05) is 13.4 Å². The van der Waals surface area contributed by atoms with Crippen LogP contribution in [0.4, 0.5) is 0 Å². The first-order valence-electron chi connectivity index (χ1n) is 13.2. The predicted molar refractivity (Wildman–Crippen MR) is 166 cm³/mol. The van der Waals surface area contributed by atoms with Crippen LogP contribution >= 0.6 is 33.9 Å². The van der Waals surface area contributed by atoms with E-state index in [4.69, 9.17) is 19.2 Å². The number of aromatic nitrogens is 2. The average Bonchev–Trinajstić information content (AvgIpc) is 3.60. The van der Waals surface area contributed by atoms with E-state index >= 15 is 0 Å². The molecule has 0 spiro atoms. The zero-order chi connectivity index (χ0) is 29.0. The number of aryl methyl sites for hydroxylation is 2. The number of hydrogen-bond acceptors (Lipinski definition) is 7. The molecule has 6 rings (SSSR count). The Kier molecular flexibility index (Phi) is 7.14. The summed E-state index contributed by atoms with van der Waals surface area (Å²) in [5, 5.41) is 0. The molecule has 2 aromatic carbocycles. The number of fused-ring (bicyclic) bond motifs is 2. The SMILES string of the molecule is CCOC(=O)C1=C(C)N=c2s/c(=C\c3cc(C)n(-c4ccc(I)c(C)c4)c3C)c(=O)n2C1c1ccc2c(c1)OCO2. The van der Waals surface area contributed by atoms with Gasteiger partial charge in [0.15, 0.2) is 16.3 Å². The molecule has 0 bridgehead atoms. The van der Waals surface area contributed by atoms with Gasteiger partial charge in [-0.2, -0.15) is 0 Å². The van der Waals surface area contributed by atoms with Gasteiger partial charge in [0.25, 0.3) is 5.56 Å². The summed E-state index contributed by atoms with van der Waals surface area (Å²) in [6, 6.07) is 13.2. The Balaban J connectivity index is 1.52. The van der Waals surface area contributed by atoms with Crippen LogP contribution in [0.2, 0.25) is 0 Å². The van der Waals surface area contributed by atoms with E-state index in [0.29, 0.717) is 37.7 Å². The van der Waals surface area contributed by atoms with Crippen LogP contribution < -0.4 is 24.4 Å². The lowest BCUT2D eigenvalue weighted by molar-refractivity contribution is -0.139. The molecule has 4 heterocycles. The van der Waals surface area contributed by atoms with E-state index in [2.05, 4.69) is 72.2 Å². The topological polar surface area (TPSA) is 84.1 Å². The van der Waals surface area contributed by atoms with Crippen LogP contribution in [0.3, 0.4) is 0 Å². The van der Waals surface area contributed by atoms with Crippen molar-refractivity contribution in [2.45, 2.75) is 40.7 Å². The monoisotopic (exact) mass is 681 g/mol.